The van der Waals surface area contributed by atoms with E-state index in [4.69, 9.17) is 5.73 Å². The summed E-state index contributed by atoms with van der Waals surface area (Å²) in [5.74, 6) is 0.558. The lowest BCUT2D eigenvalue weighted by Crippen LogP contribution is -2.13. The van der Waals surface area contributed by atoms with Crippen LogP contribution in [0.15, 0.2) is 47.6 Å². The van der Waals surface area contributed by atoms with Crippen LogP contribution in [0.3, 0.4) is 0 Å². The Bertz CT molecular complexity index is 859. The van der Waals surface area contributed by atoms with Crippen LogP contribution in [0.4, 0.5) is 11.8 Å². The Hall–Kier alpha value is -2.61. The normalized spacial score (nSPS) is 11.6. The Morgan fingerprint density at radius 3 is 2.80 bits per heavy atom. The summed E-state index contributed by atoms with van der Waals surface area (Å²) in [6, 6.07) is 7.97. The molecule has 0 aliphatic rings. The highest BCUT2D eigenvalue weighted by atomic mass is 32.2. The average molecular weight is 289 g/mol. The molecule has 0 saturated heterocycles. The number of imidazole rings is 1. The first-order chi connectivity index (χ1) is 9.54. The highest BCUT2D eigenvalue weighted by Gasteiger charge is 2.15. The number of nitrogens with one attached hydrogen (secondary N) is 2. The Kier molecular flexibility index (Phi) is 2.79. The molecule has 4 N–H and O–H groups in total. The summed E-state index contributed by atoms with van der Waals surface area (Å²) >= 11 is 0. The molecule has 102 valence electrons. The molecule has 0 amide bonds. The van der Waals surface area contributed by atoms with Gasteiger partial charge in [0, 0.05) is 17.8 Å². The molecule has 0 fully saturated rings. The minimum absolute atomic E-state index is 0.132. The SMILES string of the molecule is Nc1ccc2cc(S(=O)(=O)Nc3ncc[nH]3)ccc2n1. The monoisotopic (exact) mass is 289 g/mol. The van der Waals surface area contributed by atoms with Crippen molar-refractivity contribution < 1.29 is 8.42 Å². The number of nitrogen functional groups attached to an aromatic ring is 1. The number of aromatic nitrogens is 3. The quantitative estimate of drug-likeness (QED) is 0.673. The Morgan fingerprint density at radius 2 is 2.05 bits per heavy atom. The summed E-state index contributed by atoms with van der Waals surface area (Å²) in [5.41, 5.74) is 6.22. The van der Waals surface area contributed by atoms with Crippen LogP contribution in [-0.2, 0) is 10.0 Å². The number of hydrogen-bond acceptors (Lipinski definition) is 5. The van der Waals surface area contributed by atoms with Gasteiger partial charge in [0.2, 0.25) is 5.95 Å². The van der Waals surface area contributed by atoms with Gasteiger partial charge in [-0.1, -0.05) is 0 Å². The number of rotatable bonds is 3. The highest BCUT2D eigenvalue weighted by molar-refractivity contribution is 7.92. The topological polar surface area (TPSA) is 114 Å². The molecule has 0 aliphatic carbocycles. The first kappa shape index (κ1) is 12.4. The maximum absolute atomic E-state index is 12.2. The number of pyridine rings is 1. The summed E-state index contributed by atoms with van der Waals surface area (Å²) < 4.78 is 26.7. The van der Waals surface area contributed by atoms with Crippen molar-refractivity contribution >= 4 is 32.7 Å². The van der Waals surface area contributed by atoms with Crippen molar-refractivity contribution in [2.75, 3.05) is 10.5 Å². The number of H-pyrrole nitrogens is 1. The van der Waals surface area contributed by atoms with Gasteiger partial charge in [-0.05, 0) is 30.3 Å². The van der Waals surface area contributed by atoms with E-state index in [1.54, 1.807) is 18.2 Å². The van der Waals surface area contributed by atoms with Crippen molar-refractivity contribution in [2.45, 2.75) is 4.90 Å². The maximum Gasteiger partial charge on any atom is 0.264 e. The van der Waals surface area contributed by atoms with Gasteiger partial charge in [-0.25, -0.2) is 23.1 Å². The second-order valence-electron chi connectivity index (χ2n) is 4.13. The first-order valence-corrected chi connectivity index (χ1v) is 7.21. The third-order valence-electron chi connectivity index (χ3n) is 2.72. The molecule has 0 spiro atoms. The number of benzene rings is 1. The van der Waals surface area contributed by atoms with E-state index < -0.39 is 10.0 Å². The number of aromatic amines is 1. The van der Waals surface area contributed by atoms with E-state index in [9.17, 15) is 8.42 Å². The maximum atomic E-state index is 12.2. The molecule has 0 unspecified atom stereocenters. The standard InChI is InChI=1S/C12H11N5O2S/c13-11-4-1-8-7-9(2-3-10(8)16-11)20(18,19)17-12-14-5-6-15-12/h1-7H,(H2,13,16)(H2,14,15,17). The van der Waals surface area contributed by atoms with Gasteiger partial charge in [0.05, 0.1) is 10.4 Å². The summed E-state index contributed by atoms with van der Waals surface area (Å²) in [7, 11) is -3.69. The zero-order valence-corrected chi connectivity index (χ0v) is 11.1. The summed E-state index contributed by atoms with van der Waals surface area (Å²) in [6.45, 7) is 0. The van der Waals surface area contributed by atoms with Crippen LogP contribution in [0.2, 0.25) is 0 Å². The minimum Gasteiger partial charge on any atom is -0.384 e. The fourth-order valence-electron chi connectivity index (χ4n) is 1.79. The number of hydrogen-bond donors (Lipinski definition) is 3. The Morgan fingerprint density at radius 1 is 1.20 bits per heavy atom. The van der Waals surface area contributed by atoms with Crippen LogP contribution in [0.1, 0.15) is 0 Å². The lowest BCUT2D eigenvalue weighted by molar-refractivity contribution is 0.601. The predicted octanol–water partition coefficient (Wildman–Crippen LogP) is 1.34. The van der Waals surface area contributed by atoms with Crippen LogP contribution >= 0.6 is 0 Å². The molecule has 2 heterocycles. The smallest absolute Gasteiger partial charge is 0.264 e. The van der Waals surface area contributed by atoms with Crippen molar-refractivity contribution in [1.29, 1.82) is 0 Å². The zero-order chi connectivity index (χ0) is 14.2. The van der Waals surface area contributed by atoms with E-state index in [-0.39, 0.29) is 10.8 Å². The molecule has 8 heteroatoms. The van der Waals surface area contributed by atoms with Crippen LogP contribution in [0.5, 0.6) is 0 Å². The van der Waals surface area contributed by atoms with Crippen LogP contribution < -0.4 is 10.5 Å². The largest absolute Gasteiger partial charge is 0.384 e. The van der Waals surface area contributed by atoms with Gasteiger partial charge >= 0.3 is 0 Å². The summed E-state index contributed by atoms with van der Waals surface area (Å²) in [4.78, 5) is 10.8. The number of nitrogens with zero attached hydrogens (tertiary/aromatic N) is 2. The second-order valence-corrected chi connectivity index (χ2v) is 5.82. The fraction of sp³-hybridized carbons (Fsp3) is 0. The van der Waals surface area contributed by atoms with E-state index in [2.05, 4.69) is 19.7 Å². The Balaban J connectivity index is 2.03. The minimum atomic E-state index is -3.69. The predicted molar refractivity (Wildman–Crippen MR) is 75.6 cm³/mol. The van der Waals surface area contributed by atoms with Crippen molar-refractivity contribution in [1.82, 2.24) is 15.0 Å². The zero-order valence-electron chi connectivity index (χ0n) is 10.2. The van der Waals surface area contributed by atoms with E-state index in [1.165, 1.54) is 24.5 Å². The first-order valence-electron chi connectivity index (χ1n) is 5.73. The van der Waals surface area contributed by atoms with Gasteiger partial charge in [0.25, 0.3) is 10.0 Å². The molecular formula is C12H11N5O2S. The molecule has 0 saturated carbocycles. The van der Waals surface area contributed by atoms with Crippen LogP contribution in [-0.4, -0.2) is 23.4 Å². The number of fused-ring (bicyclic) bond motifs is 1. The highest BCUT2D eigenvalue weighted by Crippen LogP contribution is 2.20. The van der Waals surface area contributed by atoms with Gasteiger partial charge in [-0.2, -0.15) is 0 Å². The molecule has 0 atom stereocenters. The average Bonchev–Trinajstić information content (AvgIpc) is 2.90. The van der Waals surface area contributed by atoms with Gasteiger partial charge in [-0.15, -0.1) is 0 Å². The van der Waals surface area contributed by atoms with Crippen molar-refractivity contribution in [3.63, 3.8) is 0 Å². The van der Waals surface area contributed by atoms with Crippen LogP contribution in [0.25, 0.3) is 10.9 Å². The van der Waals surface area contributed by atoms with Crippen molar-refractivity contribution in [3.8, 4) is 0 Å². The van der Waals surface area contributed by atoms with Crippen molar-refractivity contribution in [3.05, 3.63) is 42.7 Å². The molecule has 0 radical (unpaired) electrons. The van der Waals surface area contributed by atoms with Crippen molar-refractivity contribution in [2.24, 2.45) is 0 Å². The molecule has 0 aliphatic heterocycles. The molecule has 20 heavy (non-hydrogen) atoms. The number of nitrogens with two attached hydrogens (primary N) is 1. The molecule has 1 aromatic carbocycles. The Labute approximate surface area is 114 Å². The molecule has 7 nitrogen and oxygen atoms in total. The van der Waals surface area contributed by atoms with Gasteiger partial charge < -0.3 is 10.7 Å². The fourth-order valence-corrected chi connectivity index (χ4v) is 2.81. The molecular weight excluding hydrogens is 278 g/mol. The summed E-state index contributed by atoms with van der Waals surface area (Å²) in [5, 5.41) is 0.696. The van der Waals surface area contributed by atoms with E-state index in [0.29, 0.717) is 16.7 Å². The van der Waals surface area contributed by atoms with E-state index >= 15 is 0 Å². The second kappa shape index (κ2) is 4.49. The third kappa shape index (κ3) is 2.28. The van der Waals surface area contributed by atoms with Gasteiger partial charge in [0.1, 0.15) is 5.82 Å². The molecule has 0 bridgehead atoms. The lowest BCUT2D eigenvalue weighted by atomic mass is 10.2. The van der Waals surface area contributed by atoms with Gasteiger partial charge in [-0.3, -0.25) is 0 Å². The number of anilines is 2. The molecule has 2 aromatic heterocycles. The molecule has 3 rings (SSSR count). The third-order valence-corrected chi connectivity index (χ3v) is 4.06. The molecule has 3 aromatic rings. The van der Waals surface area contributed by atoms with E-state index in [1.807, 2.05) is 0 Å². The lowest BCUT2D eigenvalue weighted by Gasteiger charge is -2.06. The van der Waals surface area contributed by atoms with Gasteiger partial charge in [0.15, 0.2) is 0 Å². The number of sulfonamides is 1. The van der Waals surface area contributed by atoms with Crippen LogP contribution in [0, 0.1) is 0 Å². The van der Waals surface area contributed by atoms with E-state index in [0.717, 1.165) is 0 Å². The summed E-state index contributed by atoms with van der Waals surface area (Å²) in [6.07, 6.45) is 3.00.